The van der Waals surface area contributed by atoms with Crippen LogP contribution in [-0.4, -0.2) is 55.1 Å². The van der Waals surface area contributed by atoms with Crippen molar-refractivity contribution in [3.63, 3.8) is 0 Å². The van der Waals surface area contributed by atoms with E-state index in [4.69, 9.17) is 4.74 Å². The highest BCUT2D eigenvalue weighted by Crippen LogP contribution is 2.08. The molecule has 1 aromatic heterocycles. The summed E-state index contributed by atoms with van der Waals surface area (Å²) in [5.41, 5.74) is 1.63. The van der Waals surface area contributed by atoms with Gasteiger partial charge in [0.15, 0.2) is 0 Å². The number of amides is 2. The molecule has 0 aliphatic heterocycles. The predicted octanol–water partition coefficient (Wildman–Crippen LogP) is 1.66. The summed E-state index contributed by atoms with van der Waals surface area (Å²) >= 11 is 0. The average Bonchev–Trinajstić information content (AvgIpc) is 2.75. The number of hydrogen-bond acceptors (Lipinski definition) is 6. The molecule has 0 aliphatic carbocycles. The van der Waals surface area contributed by atoms with E-state index in [-0.39, 0.29) is 32.1 Å². The smallest absolute Gasteiger partial charge is 0.408 e. The highest BCUT2D eigenvalue weighted by atomic mass is 32.2. The van der Waals surface area contributed by atoms with E-state index in [2.05, 4.69) is 15.6 Å². The van der Waals surface area contributed by atoms with Gasteiger partial charge in [-0.3, -0.25) is 9.78 Å². The fourth-order valence-corrected chi connectivity index (χ4v) is 3.53. The average molecular weight is 449 g/mol. The van der Waals surface area contributed by atoms with E-state index in [1.807, 2.05) is 30.3 Å². The number of sulfonamides is 1. The molecule has 2 N–H and O–H groups in total. The minimum Gasteiger partial charge on any atom is -0.445 e. The van der Waals surface area contributed by atoms with Crippen LogP contribution in [0.5, 0.6) is 0 Å². The monoisotopic (exact) mass is 448 g/mol. The Morgan fingerprint density at radius 1 is 1.13 bits per heavy atom. The van der Waals surface area contributed by atoms with Crippen LogP contribution in [0.3, 0.4) is 0 Å². The first-order valence-corrected chi connectivity index (χ1v) is 11.7. The van der Waals surface area contributed by atoms with E-state index in [0.717, 1.165) is 17.4 Å². The fourth-order valence-electron chi connectivity index (χ4n) is 2.68. The molecule has 0 spiro atoms. The highest BCUT2D eigenvalue weighted by Gasteiger charge is 2.18. The maximum atomic E-state index is 12.2. The Morgan fingerprint density at radius 3 is 2.48 bits per heavy atom. The van der Waals surface area contributed by atoms with Gasteiger partial charge in [0, 0.05) is 32.0 Å². The number of benzene rings is 1. The number of ether oxygens (including phenoxy) is 1. The summed E-state index contributed by atoms with van der Waals surface area (Å²) in [6.45, 7) is 2.38. The molecule has 1 heterocycles. The number of pyridine rings is 1. The first kappa shape index (κ1) is 24.3. The zero-order valence-electron chi connectivity index (χ0n) is 17.7. The van der Waals surface area contributed by atoms with Crippen LogP contribution in [0, 0.1) is 0 Å². The highest BCUT2D eigenvalue weighted by molar-refractivity contribution is 7.88. The molecule has 2 aromatic rings. The molecule has 0 aliphatic rings. The van der Waals surface area contributed by atoms with E-state index in [1.165, 1.54) is 4.31 Å². The van der Waals surface area contributed by atoms with Gasteiger partial charge in [-0.05, 0) is 30.5 Å². The Balaban J connectivity index is 1.71. The molecule has 0 radical (unpaired) electrons. The number of aromatic nitrogens is 1. The van der Waals surface area contributed by atoms with Gasteiger partial charge in [0.25, 0.3) is 0 Å². The van der Waals surface area contributed by atoms with E-state index in [0.29, 0.717) is 6.42 Å². The topological polar surface area (TPSA) is 118 Å². The number of nitrogens with zero attached hydrogens (tertiary/aromatic N) is 2. The maximum absolute atomic E-state index is 12.2. The van der Waals surface area contributed by atoms with Crippen molar-refractivity contribution in [2.45, 2.75) is 32.5 Å². The molecular weight excluding hydrogens is 420 g/mol. The van der Waals surface area contributed by atoms with Crippen LogP contribution in [0.4, 0.5) is 4.79 Å². The van der Waals surface area contributed by atoms with Crippen LogP contribution in [0.25, 0.3) is 0 Å². The Morgan fingerprint density at radius 2 is 1.84 bits per heavy atom. The van der Waals surface area contributed by atoms with E-state index in [9.17, 15) is 18.0 Å². The van der Waals surface area contributed by atoms with Crippen LogP contribution >= 0.6 is 0 Å². The zero-order valence-corrected chi connectivity index (χ0v) is 18.5. The van der Waals surface area contributed by atoms with E-state index in [1.54, 1.807) is 31.5 Å². The molecule has 10 heteroatoms. The summed E-state index contributed by atoms with van der Waals surface area (Å²) in [7, 11) is -3.41. The number of carbonyl (C=O) groups excluding carboxylic acids is 2. The lowest BCUT2D eigenvalue weighted by Crippen LogP contribution is -2.45. The molecule has 0 saturated carbocycles. The summed E-state index contributed by atoms with van der Waals surface area (Å²) in [6, 6.07) is 12.0. The van der Waals surface area contributed by atoms with Crippen molar-refractivity contribution >= 4 is 22.0 Å². The normalized spacial score (nSPS) is 12.2. The van der Waals surface area contributed by atoms with Crippen molar-refractivity contribution in [2.75, 3.05) is 19.3 Å². The van der Waals surface area contributed by atoms with Crippen molar-refractivity contribution < 1.29 is 22.7 Å². The number of alkyl carbamates (subject to hydrolysis) is 1. The number of carbonyl (C=O) groups is 2. The van der Waals surface area contributed by atoms with Crippen LogP contribution < -0.4 is 10.6 Å². The molecule has 2 amide bonds. The minimum absolute atomic E-state index is 0.110. The fraction of sp³-hybridized carbons (Fsp3) is 0.381. The summed E-state index contributed by atoms with van der Waals surface area (Å²) in [5, 5.41) is 5.16. The second kappa shape index (κ2) is 12.0. The quantitative estimate of drug-likeness (QED) is 0.505. The second-order valence-corrected chi connectivity index (χ2v) is 9.01. The van der Waals surface area contributed by atoms with Gasteiger partial charge in [0.1, 0.15) is 12.6 Å². The third kappa shape index (κ3) is 9.14. The van der Waals surface area contributed by atoms with Gasteiger partial charge in [-0.2, -0.15) is 4.31 Å². The van der Waals surface area contributed by atoms with E-state index >= 15 is 0 Å². The first-order chi connectivity index (χ1) is 14.8. The van der Waals surface area contributed by atoms with Crippen molar-refractivity contribution in [3.8, 4) is 0 Å². The second-order valence-electron chi connectivity index (χ2n) is 7.03. The Kier molecular flexibility index (Phi) is 9.41. The van der Waals surface area contributed by atoms with E-state index < -0.39 is 22.2 Å². The Hall–Kier alpha value is -2.98. The first-order valence-electron chi connectivity index (χ1n) is 9.84. The standard InChI is InChI=1S/C21H28N4O5S/c1-17(24-21(27)30-16-18-8-4-3-5-9-18)20(26)23-12-7-13-25(31(2,28)29)15-19-10-6-11-22-14-19/h3-6,8-11,14,17H,7,12-13,15-16H2,1-2H3,(H,23,26)(H,24,27)/t17-/m1/s1. The van der Waals surface area contributed by atoms with Crippen molar-refractivity contribution in [1.29, 1.82) is 0 Å². The predicted molar refractivity (Wildman–Crippen MR) is 116 cm³/mol. The van der Waals surface area contributed by atoms with Crippen molar-refractivity contribution in [3.05, 3.63) is 66.0 Å². The molecule has 0 unspecified atom stereocenters. The van der Waals surface area contributed by atoms with Crippen LogP contribution in [-0.2, 0) is 32.7 Å². The molecule has 31 heavy (non-hydrogen) atoms. The van der Waals surface area contributed by atoms with Gasteiger partial charge in [0.05, 0.1) is 6.26 Å². The molecule has 1 aromatic carbocycles. The van der Waals surface area contributed by atoms with Crippen molar-refractivity contribution in [1.82, 2.24) is 19.9 Å². The Labute approximate surface area is 182 Å². The lowest BCUT2D eigenvalue weighted by molar-refractivity contribution is -0.122. The molecule has 9 nitrogen and oxygen atoms in total. The third-order valence-electron chi connectivity index (χ3n) is 4.37. The number of nitrogens with one attached hydrogen (secondary N) is 2. The largest absolute Gasteiger partial charge is 0.445 e. The Bertz CT molecular complexity index is 939. The van der Waals surface area contributed by atoms with Gasteiger partial charge >= 0.3 is 6.09 Å². The van der Waals surface area contributed by atoms with Gasteiger partial charge in [-0.15, -0.1) is 0 Å². The molecule has 168 valence electrons. The van der Waals surface area contributed by atoms with Gasteiger partial charge in [0.2, 0.25) is 15.9 Å². The summed E-state index contributed by atoms with van der Waals surface area (Å²) in [6.07, 6.45) is 4.12. The maximum Gasteiger partial charge on any atom is 0.408 e. The van der Waals surface area contributed by atoms with Gasteiger partial charge in [-0.25, -0.2) is 13.2 Å². The summed E-state index contributed by atoms with van der Waals surface area (Å²) in [5.74, 6) is -0.380. The SMILES string of the molecule is C[C@@H](NC(=O)OCc1ccccc1)C(=O)NCCCN(Cc1cccnc1)S(C)(=O)=O. The number of hydrogen-bond donors (Lipinski definition) is 2. The lowest BCUT2D eigenvalue weighted by Gasteiger charge is -2.20. The minimum atomic E-state index is -3.41. The van der Waals surface area contributed by atoms with Crippen LogP contribution in [0.15, 0.2) is 54.9 Å². The molecular formula is C21H28N4O5S. The third-order valence-corrected chi connectivity index (χ3v) is 5.62. The van der Waals surface area contributed by atoms with Gasteiger partial charge < -0.3 is 15.4 Å². The summed E-state index contributed by atoms with van der Waals surface area (Å²) < 4.78 is 30.5. The molecule has 1 atom stereocenters. The van der Waals surface area contributed by atoms with Crippen molar-refractivity contribution in [2.24, 2.45) is 0 Å². The van der Waals surface area contributed by atoms with Crippen LogP contribution in [0.1, 0.15) is 24.5 Å². The molecule has 0 saturated heterocycles. The number of rotatable bonds is 11. The van der Waals surface area contributed by atoms with Crippen LogP contribution in [0.2, 0.25) is 0 Å². The lowest BCUT2D eigenvalue weighted by atomic mass is 10.2. The molecule has 2 rings (SSSR count). The molecule has 0 bridgehead atoms. The molecule has 0 fully saturated rings. The zero-order chi connectivity index (χ0) is 22.7. The van der Waals surface area contributed by atoms with Gasteiger partial charge in [-0.1, -0.05) is 36.4 Å². The summed E-state index contributed by atoms with van der Waals surface area (Å²) in [4.78, 5) is 28.0.